The van der Waals surface area contributed by atoms with E-state index < -0.39 is 5.97 Å². The Morgan fingerprint density at radius 3 is 2.81 bits per heavy atom. The van der Waals surface area contributed by atoms with Crippen molar-refractivity contribution in [1.29, 1.82) is 0 Å². The molecule has 2 saturated heterocycles. The molecule has 2 heterocycles. The van der Waals surface area contributed by atoms with Crippen LogP contribution in [-0.2, 0) is 16.0 Å². The number of benzene rings is 1. The number of hydrogen-bond acceptors (Lipinski definition) is 3. The second kappa shape index (κ2) is 9.02. The minimum Gasteiger partial charge on any atom is -0.478 e. The zero-order valence-corrected chi connectivity index (χ0v) is 15.7. The van der Waals surface area contributed by atoms with Crippen molar-refractivity contribution < 1.29 is 19.5 Å². The molecule has 2 aliphatic rings. The first kappa shape index (κ1) is 19.4. The van der Waals surface area contributed by atoms with Gasteiger partial charge in [-0.15, -0.1) is 0 Å². The summed E-state index contributed by atoms with van der Waals surface area (Å²) in [5, 5.41) is 9.10. The SMILES string of the molecule is O=C(O)c1cccc(C[C@@H]2CCN(C(=O)CCCN3CCCCC3=O)C2)c1. The molecule has 1 aromatic rings. The number of aromatic carboxylic acids is 1. The Hall–Kier alpha value is -2.37. The number of carboxylic acid groups (broad SMARTS) is 1. The molecule has 1 atom stereocenters. The molecular formula is C21H28N2O4. The number of rotatable bonds is 7. The Kier molecular flexibility index (Phi) is 6.48. The van der Waals surface area contributed by atoms with Crippen molar-refractivity contribution in [2.75, 3.05) is 26.2 Å². The van der Waals surface area contributed by atoms with Crippen LogP contribution in [0.5, 0.6) is 0 Å². The molecule has 27 heavy (non-hydrogen) atoms. The molecule has 6 nitrogen and oxygen atoms in total. The lowest BCUT2D eigenvalue weighted by molar-refractivity contribution is -0.134. The van der Waals surface area contributed by atoms with Crippen molar-refractivity contribution in [1.82, 2.24) is 9.80 Å². The smallest absolute Gasteiger partial charge is 0.335 e. The number of piperidine rings is 1. The van der Waals surface area contributed by atoms with Gasteiger partial charge in [0.25, 0.3) is 0 Å². The van der Waals surface area contributed by atoms with E-state index in [0.29, 0.717) is 30.9 Å². The highest BCUT2D eigenvalue weighted by Crippen LogP contribution is 2.22. The summed E-state index contributed by atoms with van der Waals surface area (Å²) in [4.78, 5) is 39.2. The standard InChI is InChI=1S/C21H28N2O4/c24-19-7-1-2-10-22(19)11-4-8-20(25)23-12-9-17(15-23)13-16-5-3-6-18(14-16)21(26)27/h3,5-6,14,17H,1-2,4,7-13,15H2,(H,26,27)/t17-/m0/s1. The Bertz CT molecular complexity index is 703. The third kappa shape index (κ3) is 5.31. The number of carbonyl (C=O) groups is 3. The van der Waals surface area contributed by atoms with E-state index in [1.165, 1.54) is 0 Å². The molecule has 0 bridgehead atoms. The summed E-state index contributed by atoms with van der Waals surface area (Å²) in [7, 11) is 0. The Morgan fingerprint density at radius 1 is 1.19 bits per heavy atom. The van der Waals surface area contributed by atoms with E-state index in [4.69, 9.17) is 5.11 Å². The van der Waals surface area contributed by atoms with Gasteiger partial charge in [-0.05, 0) is 55.7 Å². The Labute approximate surface area is 160 Å². The van der Waals surface area contributed by atoms with E-state index in [2.05, 4.69) is 0 Å². The molecule has 2 aliphatic heterocycles. The lowest BCUT2D eigenvalue weighted by Crippen LogP contribution is -2.36. The fraction of sp³-hybridized carbons (Fsp3) is 0.571. The molecule has 0 spiro atoms. The van der Waals surface area contributed by atoms with Gasteiger partial charge in [-0.2, -0.15) is 0 Å². The molecule has 3 rings (SSSR count). The van der Waals surface area contributed by atoms with Crippen LogP contribution in [0.3, 0.4) is 0 Å². The molecule has 2 amide bonds. The number of likely N-dealkylation sites (tertiary alicyclic amines) is 2. The summed E-state index contributed by atoms with van der Waals surface area (Å²) in [6, 6.07) is 7.05. The number of hydrogen-bond donors (Lipinski definition) is 1. The summed E-state index contributed by atoms with van der Waals surface area (Å²) >= 11 is 0. The highest BCUT2D eigenvalue weighted by atomic mass is 16.4. The van der Waals surface area contributed by atoms with Gasteiger partial charge in [-0.25, -0.2) is 4.79 Å². The second-order valence-electron chi connectivity index (χ2n) is 7.65. The van der Waals surface area contributed by atoms with Crippen LogP contribution in [0.2, 0.25) is 0 Å². The van der Waals surface area contributed by atoms with Gasteiger partial charge in [-0.3, -0.25) is 9.59 Å². The number of carboxylic acids is 1. The third-order valence-corrected chi connectivity index (χ3v) is 5.58. The molecule has 0 aromatic heterocycles. The summed E-state index contributed by atoms with van der Waals surface area (Å²) < 4.78 is 0. The topological polar surface area (TPSA) is 77.9 Å². The van der Waals surface area contributed by atoms with Crippen LogP contribution in [0.1, 0.15) is 54.4 Å². The van der Waals surface area contributed by atoms with Gasteiger partial charge < -0.3 is 14.9 Å². The van der Waals surface area contributed by atoms with E-state index in [1.54, 1.807) is 18.2 Å². The minimum absolute atomic E-state index is 0.168. The third-order valence-electron chi connectivity index (χ3n) is 5.58. The van der Waals surface area contributed by atoms with Crippen molar-refractivity contribution in [2.45, 2.75) is 44.9 Å². The first-order valence-electron chi connectivity index (χ1n) is 9.90. The predicted octanol–water partition coefficient (Wildman–Crippen LogP) is 2.57. The monoisotopic (exact) mass is 372 g/mol. The van der Waals surface area contributed by atoms with Crippen LogP contribution in [0, 0.1) is 5.92 Å². The van der Waals surface area contributed by atoms with Crippen LogP contribution in [0.4, 0.5) is 0 Å². The van der Waals surface area contributed by atoms with Gasteiger partial charge in [0.05, 0.1) is 5.56 Å². The molecule has 2 fully saturated rings. The van der Waals surface area contributed by atoms with Crippen LogP contribution >= 0.6 is 0 Å². The molecule has 0 radical (unpaired) electrons. The fourth-order valence-electron chi connectivity index (χ4n) is 4.07. The van der Waals surface area contributed by atoms with Crippen LogP contribution in [0.25, 0.3) is 0 Å². The van der Waals surface area contributed by atoms with E-state index >= 15 is 0 Å². The van der Waals surface area contributed by atoms with E-state index in [9.17, 15) is 14.4 Å². The predicted molar refractivity (Wildman–Crippen MR) is 101 cm³/mol. The first-order chi connectivity index (χ1) is 13.0. The van der Waals surface area contributed by atoms with Crippen molar-refractivity contribution in [2.24, 2.45) is 5.92 Å². The van der Waals surface area contributed by atoms with E-state index in [0.717, 1.165) is 57.3 Å². The lowest BCUT2D eigenvalue weighted by atomic mass is 9.97. The summed E-state index contributed by atoms with van der Waals surface area (Å²) in [6.45, 7) is 3.02. The maximum absolute atomic E-state index is 12.5. The molecule has 0 aliphatic carbocycles. The fourth-order valence-corrected chi connectivity index (χ4v) is 4.07. The van der Waals surface area contributed by atoms with Crippen molar-refractivity contribution in [3.05, 3.63) is 35.4 Å². The zero-order valence-electron chi connectivity index (χ0n) is 15.7. The maximum Gasteiger partial charge on any atom is 0.335 e. The first-order valence-corrected chi connectivity index (χ1v) is 9.90. The molecular weight excluding hydrogens is 344 g/mol. The molecule has 6 heteroatoms. The highest BCUT2D eigenvalue weighted by molar-refractivity contribution is 5.87. The van der Waals surface area contributed by atoms with Crippen molar-refractivity contribution in [3.8, 4) is 0 Å². The zero-order chi connectivity index (χ0) is 19.2. The van der Waals surface area contributed by atoms with E-state index in [1.807, 2.05) is 15.9 Å². The average Bonchev–Trinajstić information content (AvgIpc) is 3.12. The van der Waals surface area contributed by atoms with E-state index in [-0.39, 0.29) is 11.8 Å². The van der Waals surface area contributed by atoms with Gasteiger partial charge in [0, 0.05) is 39.0 Å². The van der Waals surface area contributed by atoms with Gasteiger partial charge in [0.2, 0.25) is 11.8 Å². The average molecular weight is 372 g/mol. The molecule has 1 aromatic carbocycles. The normalized spacial score (nSPS) is 20.1. The van der Waals surface area contributed by atoms with Gasteiger partial charge in [0.15, 0.2) is 0 Å². The molecule has 1 N–H and O–H groups in total. The lowest BCUT2D eigenvalue weighted by Gasteiger charge is -2.26. The number of carbonyl (C=O) groups excluding carboxylic acids is 2. The van der Waals surface area contributed by atoms with Crippen LogP contribution in [-0.4, -0.2) is 58.9 Å². The number of amides is 2. The Balaban J connectivity index is 1.42. The minimum atomic E-state index is -0.910. The van der Waals surface area contributed by atoms with Crippen molar-refractivity contribution in [3.63, 3.8) is 0 Å². The summed E-state index contributed by atoms with van der Waals surface area (Å²) in [6.07, 6.45) is 5.67. The highest BCUT2D eigenvalue weighted by Gasteiger charge is 2.26. The molecule has 146 valence electrons. The summed E-state index contributed by atoms with van der Waals surface area (Å²) in [5.41, 5.74) is 1.32. The molecule has 0 unspecified atom stereocenters. The largest absolute Gasteiger partial charge is 0.478 e. The van der Waals surface area contributed by atoms with Gasteiger partial charge in [-0.1, -0.05) is 12.1 Å². The Morgan fingerprint density at radius 2 is 2.04 bits per heavy atom. The van der Waals surface area contributed by atoms with Gasteiger partial charge >= 0.3 is 5.97 Å². The van der Waals surface area contributed by atoms with Crippen LogP contribution < -0.4 is 0 Å². The van der Waals surface area contributed by atoms with Crippen molar-refractivity contribution >= 4 is 17.8 Å². The summed E-state index contributed by atoms with van der Waals surface area (Å²) in [5.74, 6) is -0.145. The second-order valence-corrected chi connectivity index (χ2v) is 7.65. The maximum atomic E-state index is 12.5. The van der Waals surface area contributed by atoms with Crippen LogP contribution in [0.15, 0.2) is 24.3 Å². The quantitative estimate of drug-likeness (QED) is 0.798. The van der Waals surface area contributed by atoms with Gasteiger partial charge in [0.1, 0.15) is 0 Å². The molecule has 0 saturated carbocycles. The number of nitrogens with zero attached hydrogens (tertiary/aromatic N) is 2.